The molecule has 0 saturated heterocycles. The summed E-state index contributed by atoms with van der Waals surface area (Å²) in [6.07, 6.45) is 0.538. The summed E-state index contributed by atoms with van der Waals surface area (Å²) in [6.45, 7) is 0.0277. The van der Waals surface area contributed by atoms with Gasteiger partial charge in [-0.2, -0.15) is 8.42 Å². The van der Waals surface area contributed by atoms with Gasteiger partial charge in [0.25, 0.3) is 11.9 Å². The highest BCUT2D eigenvalue weighted by molar-refractivity contribution is 7.85. The van der Waals surface area contributed by atoms with Crippen molar-refractivity contribution in [2.75, 3.05) is 0 Å². The Labute approximate surface area is 121 Å². The topological polar surface area (TPSA) is 80.7 Å². The molecule has 2 aromatic carbocycles. The van der Waals surface area contributed by atoms with E-state index in [0.29, 0.717) is 12.0 Å². The van der Waals surface area contributed by atoms with Crippen LogP contribution in [0.1, 0.15) is 22.1 Å². The first-order valence-corrected chi connectivity index (χ1v) is 7.78. The third-order valence-electron chi connectivity index (χ3n) is 3.59. The molecule has 5 nitrogen and oxygen atoms in total. The molecule has 1 aliphatic carbocycles. The molecule has 6 heteroatoms. The number of rotatable bonds is 4. The van der Waals surface area contributed by atoms with E-state index >= 15 is 0 Å². The molecule has 0 aliphatic heterocycles. The lowest BCUT2D eigenvalue weighted by Gasteiger charge is -2.16. The summed E-state index contributed by atoms with van der Waals surface area (Å²) >= 11 is 0. The lowest BCUT2D eigenvalue weighted by molar-refractivity contribution is -0.130. The Morgan fingerprint density at radius 2 is 1.81 bits per heavy atom. The van der Waals surface area contributed by atoms with Gasteiger partial charge in [-0.05, 0) is 28.7 Å². The van der Waals surface area contributed by atoms with E-state index < -0.39 is 15.6 Å². The molecule has 0 spiro atoms. The molecule has 1 N–H and O–H groups in total. The quantitative estimate of drug-likeness (QED) is 0.591. The second kappa shape index (κ2) is 4.98. The highest BCUT2D eigenvalue weighted by Crippen LogP contribution is 2.41. The first kappa shape index (κ1) is 13.8. The standard InChI is InChI=1S/C15H12O5S/c16-9-20-15(21(17,18)19)13-7-3-6-12-11-5-2-1-4-10(11)8-14(12)13/h1-7,9,15H,8H2,(H,17,18,19). The lowest BCUT2D eigenvalue weighted by Crippen LogP contribution is -2.16. The van der Waals surface area contributed by atoms with Crippen LogP contribution in [0.25, 0.3) is 11.1 Å². The van der Waals surface area contributed by atoms with Gasteiger partial charge in [0.2, 0.25) is 0 Å². The zero-order chi connectivity index (χ0) is 15.0. The van der Waals surface area contributed by atoms with Gasteiger partial charge in [-0.3, -0.25) is 9.35 Å². The summed E-state index contributed by atoms with van der Waals surface area (Å²) in [5.41, 5.74) is 2.33. The number of benzene rings is 2. The maximum Gasteiger partial charge on any atom is 0.308 e. The molecule has 21 heavy (non-hydrogen) atoms. The molecule has 0 amide bonds. The van der Waals surface area contributed by atoms with Gasteiger partial charge in [0.05, 0.1) is 0 Å². The van der Waals surface area contributed by atoms with Gasteiger partial charge in [-0.15, -0.1) is 0 Å². The van der Waals surface area contributed by atoms with Crippen LogP contribution in [0.5, 0.6) is 0 Å². The smallest absolute Gasteiger partial charge is 0.308 e. The van der Waals surface area contributed by atoms with E-state index in [9.17, 15) is 17.8 Å². The number of ether oxygens (including phenoxy) is 1. The normalized spacial score (nSPS) is 14.1. The Bertz CT molecular complexity index is 811. The number of fused-ring (bicyclic) bond motifs is 3. The van der Waals surface area contributed by atoms with Crippen LogP contribution in [0.15, 0.2) is 42.5 Å². The Balaban J connectivity index is 2.18. The highest BCUT2D eigenvalue weighted by atomic mass is 32.2. The molecular formula is C15H12O5S. The van der Waals surface area contributed by atoms with Crippen molar-refractivity contribution < 1.29 is 22.5 Å². The van der Waals surface area contributed by atoms with Crippen LogP contribution in [0.2, 0.25) is 0 Å². The fourth-order valence-electron chi connectivity index (χ4n) is 2.76. The van der Waals surface area contributed by atoms with Gasteiger partial charge in [-0.25, -0.2) is 0 Å². The van der Waals surface area contributed by atoms with Crippen molar-refractivity contribution in [2.24, 2.45) is 0 Å². The zero-order valence-electron chi connectivity index (χ0n) is 10.9. The maximum atomic E-state index is 11.5. The summed E-state index contributed by atoms with van der Waals surface area (Å²) in [5, 5.41) is 0. The molecule has 0 saturated carbocycles. The molecule has 2 aromatic rings. The fraction of sp³-hybridized carbons (Fsp3) is 0.133. The van der Waals surface area contributed by atoms with E-state index in [1.54, 1.807) is 12.1 Å². The molecule has 0 radical (unpaired) electrons. The molecule has 0 fully saturated rings. The van der Waals surface area contributed by atoms with Crippen LogP contribution >= 0.6 is 0 Å². The molecule has 108 valence electrons. The number of carbonyl (C=O) groups is 1. The van der Waals surface area contributed by atoms with E-state index in [4.69, 9.17) is 0 Å². The van der Waals surface area contributed by atoms with E-state index in [1.165, 1.54) is 0 Å². The Morgan fingerprint density at radius 3 is 2.52 bits per heavy atom. The minimum atomic E-state index is -4.54. The van der Waals surface area contributed by atoms with Crippen molar-refractivity contribution in [3.63, 3.8) is 0 Å². The molecule has 1 unspecified atom stereocenters. The third-order valence-corrected chi connectivity index (χ3v) is 4.50. The summed E-state index contributed by atoms with van der Waals surface area (Å²) in [6, 6.07) is 12.8. The Hall–Kier alpha value is -2.18. The van der Waals surface area contributed by atoms with Gasteiger partial charge >= 0.3 is 10.1 Å². The summed E-state index contributed by atoms with van der Waals surface area (Å²) < 4.78 is 36.8. The van der Waals surface area contributed by atoms with Crippen LogP contribution in [-0.2, 0) is 26.1 Å². The van der Waals surface area contributed by atoms with Gasteiger partial charge in [0.1, 0.15) is 0 Å². The fourth-order valence-corrected chi connectivity index (χ4v) is 3.48. The molecule has 3 rings (SSSR count). The molecule has 0 heterocycles. The number of hydrogen-bond donors (Lipinski definition) is 1. The maximum absolute atomic E-state index is 11.5. The van der Waals surface area contributed by atoms with Gasteiger partial charge in [0, 0.05) is 5.56 Å². The van der Waals surface area contributed by atoms with E-state index in [1.807, 2.05) is 30.3 Å². The van der Waals surface area contributed by atoms with Crippen LogP contribution in [0, 0.1) is 0 Å². The predicted octanol–water partition coefficient (Wildman–Crippen LogP) is 2.32. The Morgan fingerprint density at radius 1 is 1.10 bits per heavy atom. The van der Waals surface area contributed by atoms with Crippen molar-refractivity contribution in [1.82, 2.24) is 0 Å². The van der Waals surface area contributed by atoms with E-state index in [2.05, 4.69) is 4.74 Å². The van der Waals surface area contributed by atoms with Crippen LogP contribution in [0.3, 0.4) is 0 Å². The second-order valence-corrected chi connectivity index (χ2v) is 6.24. The van der Waals surface area contributed by atoms with Gasteiger partial charge in [-0.1, -0.05) is 42.5 Å². The number of hydrogen-bond acceptors (Lipinski definition) is 4. The van der Waals surface area contributed by atoms with Crippen molar-refractivity contribution in [2.45, 2.75) is 11.9 Å². The van der Waals surface area contributed by atoms with Crippen LogP contribution < -0.4 is 0 Å². The minimum absolute atomic E-state index is 0.0277. The van der Waals surface area contributed by atoms with E-state index in [-0.39, 0.29) is 6.47 Å². The van der Waals surface area contributed by atoms with Crippen LogP contribution in [-0.4, -0.2) is 19.4 Å². The van der Waals surface area contributed by atoms with Gasteiger partial charge < -0.3 is 4.74 Å². The van der Waals surface area contributed by atoms with Crippen molar-refractivity contribution in [3.8, 4) is 11.1 Å². The average Bonchev–Trinajstić information content (AvgIpc) is 2.82. The first-order valence-electron chi connectivity index (χ1n) is 6.28. The molecule has 1 atom stereocenters. The molecular weight excluding hydrogens is 292 g/mol. The van der Waals surface area contributed by atoms with Crippen molar-refractivity contribution >= 4 is 16.6 Å². The van der Waals surface area contributed by atoms with E-state index in [0.717, 1.165) is 22.3 Å². The molecule has 1 aliphatic rings. The monoisotopic (exact) mass is 304 g/mol. The Kier molecular flexibility index (Phi) is 3.27. The predicted molar refractivity (Wildman–Crippen MR) is 76.1 cm³/mol. The first-order chi connectivity index (χ1) is 10.0. The SMILES string of the molecule is O=COC(c1cccc2c1Cc1ccccc1-2)S(=O)(=O)O. The number of carbonyl (C=O) groups excluding carboxylic acids is 1. The van der Waals surface area contributed by atoms with Gasteiger partial charge in [0.15, 0.2) is 0 Å². The largest absolute Gasteiger partial charge is 0.440 e. The summed E-state index contributed by atoms with van der Waals surface area (Å²) in [7, 11) is -4.54. The third kappa shape index (κ3) is 2.32. The van der Waals surface area contributed by atoms with Crippen LogP contribution in [0.4, 0.5) is 0 Å². The summed E-state index contributed by atoms with van der Waals surface area (Å²) in [4.78, 5) is 10.6. The van der Waals surface area contributed by atoms with Crippen molar-refractivity contribution in [1.29, 1.82) is 0 Å². The highest BCUT2D eigenvalue weighted by Gasteiger charge is 2.32. The lowest BCUT2D eigenvalue weighted by atomic mass is 10.0. The molecule has 0 bridgehead atoms. The molecule has 0 aromatic heterocycles. The second-order valence-electron chi connectivity index (χ2n) is 4.79. The minimum Gasteiger partial charge on any atom is -0.440 e. The summed E-state index contributed by atoms with van der Waals surface area (Å²) in [5.74, 6) is 0. The average molecular weight is 304 g/mol. The zero-order valence-corrected chi connectivity index (χ0v) is 11.7. The van der Waals surface area contributed by atoms with Crippen molar-refractivity contribution in [3.05, 3.63) is 59.2 Å².